The molecule has 9 heteroatoms. The van der Waals surface area contributed by atoms with Gasteiger partial charge in [0.05, 0.1) is 36.9 Å². The van der Waals surface area contributed by atoms with Gasteiger partial charge in [-0.25, -0.2) is 18.2 Å². The Morgan fingerprint density at radius 3 is 2.45 bits per heavy atom. The van der Waals surface area contributed by atoms with Crippen LogP contribution in [0.5, 0.6) is 11.5 Å². The van der Waals surface area contributed by atoms with Crippen LogP contribution >= 0.6 is 23.5 Å². The fourth-order valence-corrected chi connectivity index (χ4v) is 3.69. The Labute approximate surface area is 175 Å². The summed E-state index contributed by atoms with van der Waals surface area (Å²) in [4.78, 5) is 4.16. The molecule has 0 radical (unpaired) electrons. The predicted molar refractivity (Wildman–Crippen MR) is 107 cm³/mol. The molecule has 1 aromatic heterocycles. The predicted octanol–water partition coefficient (Wildman–Crippen LogP) is 5.88. The van der Waals surface area contributed by atoms with Gasteiger partial charge in [0.25, 0.3) is 0 Å². The molecule has 0 saturated heterocycles. The van der Waals surface area contributed by atoms with E-state index < -0.39 is 17.5 Å². The van der Waals surface area contributed by atoms with Crippen LogP contribution in [0, 0.1) is 17.5 Å². The van der Waals surface area contributed by atoms with Crippen molar-refractivity contribution in [2.75, 3.05) is 18.5 Å². The van der Waals surface area contributed by atoms with Gasteiger partial charge in [0.1, 0.15) is 34.8 Å². The van der Waals surface area contributed by atoms with Crippen LogP contribution in [0.2, 0.25) is 5.02 Å². The second-order valence-corrected chi connectivity index (χ2v) is 7.31. The van der Waals surface area contributed by atoms with Crippen molar-refractivity contribution in [3.8, 4) is 11.5 Å². The number of methoxy groups -OCH3 is 2. The quantitative estimate of drug-likeness (QED) is 0.338. The molecule has 0 N–H and O–H groups in total. The molecule has 0 aliphatic carbocycles. The molecule has 0 bridgehead atoms. The van der Waals surface area contributed by atoms with Crippen LogP contribution in [-0.4, -0.2) is 19.2 Å². The minimum absolute atomic E-state index is 0.0926. The van der Waals surface area contributed by atoms with Crippen LogP contribution in [0.4, 0.5) is 19.0 Å². The highest BCUT2D eigenvalue weighted by Gasteiger charge is 2.18. The summed E-state index contributed by atoms with van der Waals surface area (Å²) in [5.41, 5.74) is 0.751. The topological polar surface area (TPSA) is 34.6 Å². The zero-order valence-electron chi connectivity index (χ0n) is 15.5. The number of hydrogen-bond donors (Lipinski definition) is 0. The fourth-order valence-electron chi connectivity index (χ4n) is 2.51. The van der Waals surface area contributed by atoms with Gasteiger partial charge in [-0.15, -0.1) is 0 Å². The van der Waals surface area contributed by atoms with E-state index in [0.717, 1.165) is 29.8 Å². The Morgan fingerprint density at radius 2 is 1.79 bits per heavy atom. The van der Waals surface area contributed by atoms with Crippen LogP contribution in [0.25, 0.3) is 0 Å². The van der Waals surface area contributed by atoms with Crippen molar-refractivity contribution in [1.29, 1.82) is 0 Å². The molecule has 0 aliphatic heterocycles. The number of hydrogen-bond acceptors (Lipinski definition) is 5. The highest BCUT2D eigenvalue weighted by atomic mass is 35.5. The van der Waals surface area contributed by atoms with Gasteiger partial charge in [-0.3, -0.25) is 4.31 Å². The first-order chi connectivity index (χ1) is 13.9. The molecule has 4 nitrogen and oxygen atoms in total. The SMILES string of the molecule is COc1ccc(CN(Sc2cc(Cl)c(F)cc2F)c2ccc(F)cn2)c(OC)c1. The highest BCUT2D eigenvalue weighted by molar-refractivity contribution is 8.00. The molecule has 0 fully saturated rings. The van der Waals surface area contributed by atoms with Crippen molar-refractivity contribution in [1.82, 2.24) is 4.98 Å². The number of aromatic nitrogens is 1. The van der Waals surface area contributed by atoms with Crippen molar-refractivity contribution >= 4 is 29.4 Å². The summed E-state index contributed by atoms with van der Waals surface area (Å²) >= 11 is 6.76. The minimum atomic E-state index is -0.850. The smallest absolute Gasteiger partial charge is 0.144 e. The molecule has 3 rings (SSSR count). The van der Waals surface area contributed by atoms with Gasteiger partial charge in [-0.2, -0.15) is 0 Å². The number of benzene rings is 2. The first-order valence-electron chi connectivity index (χ1n) is 8.33. The summed E-state index contributed by atoms with van der Waals surface area (Å²) in [7, 11) is 3.06. The molecule has 0 aliphatic rings. The fraction of sp³-hybridized carbons (Fsp3) is 0.150. The first kappa shape index (κ1) is 21.1. The van der Waals surface area contributed by atoms with Crippen molar-refractivity contribution in [2.24, 2.45) is 0 Å². The number of ether oxygens (including phenoxy) is 2. The molecular weight excluding hydrogens is 425 g/mol. The number of anilines is 1. The summed E-state index contributed by atoms with van der Waals surface area (Å²) < 4.78 is 53.3. The standard InChI is InChI=1S/C20H16ClF3N2O2S/c1-27-14-5-3-12(18(7-14)28-2)11-26(20-6-4-13(22)10-25-20)29-19-8-15(21)16(23)9-17(19)24/h3-10H,11H2,1-2H3. The molecule has 0 atom stereocenters. The first-order valence-corrected chi connectivity index (χ1v) is 9.49. The third-order valence-corrected chi connectivity index (χ3v) is 5.29. The van der Waals surface area contributed by atoms with E-state index in [1.165, 1.54) is 25.3 Å². The van der Waals surface area contributed by atoms with Gasteiger partial charge in [0, 0.05) is 17.7 Å². The van der Waals surface area contributed by atoms with Gasteiger partial charge in [0.15, 0.2) is 0 Å². The lowest BCUT2D eigenvalue weighted by atomic mass is 10.2. The molecule has 2 aromatic carbocycles. The molecule has 29 heavy (non-hydrogen) atoms. The summed E-state index contributed by atoms with van der Waals surface area (Å²) in [6.45, 7) is 0.227. The largest absolute Gasteiger partial charge is 0.497 e. The molecule has 0 spiro atoms. The summed E-state index contributed by atoms with van der Waals surface area (Å²) in [6, 6.07) is 9.88. The van der Waals surface area contributed by atoms with E-state index in [1.807, 2.05) is 0 Å². The summed E-state index contributed by atoms with van der Waals surface area (Å²) in [5, 5.41) is -0.206. The van der Waals surface area contributed by atoms with Gasteiger partial charge in [-0.05, 0) is 42.3 Å². The van der Waals surface area contributed by atoms with Gasteiger partial charge in [-0.1, -0.05) is 11.6 Å². The second-order valence-electron chi connectivity index (χ2n) is 5.84. The van der Waals surface area contributed by atoms with E-state index in [0.29, 0.717) is 17.3 Å². The molecular formula is C20H16ClF3N2O2S. The van der Waals surface area contributed by atoms with Gasteiger partial charge < -0.3 is 9.47 Å². The maximum absolute atomic E-state index is 14.3. The van der Waals surface area contributed by atoms with Crippen LogP contribution in [0.3, 0.4) is 0 Å². The van der Waals surface area contributed by atoms with Crippen molar-refractivity contribution in [3.63, 3.8) is 0 Å². The van der Waals surface area contributed by atoms with Crippen molar-refractivity contribution in [2.45, 2.75) is 11.4 Å². The van der Waals surface area contributed by atoms with E-state index in [-0.39, 0.29) is 16.5 Å². The third-order valence-electron chi connectivity index (χ3n) is 3.96. The Hall–Kier alpha value is -2.58. The van der Waals surface area contributed by atoms with Crippen LogP contribution < -0.4 is 13.8 Å². The van der Waals surface area contributed by atoms with Crippen LogP contribution in [0.1, 0.15) is 5.56 Å². The van der Waals surface area contributed by atoms with E-state index >= 15 is 0 Å². The van der Waals surface area contributed by atoms with Crippen LogP contribution in [-0.2, 0) is 6.54 Å². The van der Waals surface area contributed by atoms with E-state index in [4.69, 9.17) is 21.1 Å². The van der Waals surface area contributed by atoms with E-state index in [9.17, 15) is 13.2 Å². The Bertz CT molecular complexity index is 1010. The van der Waals surface area contributed by atoms with Crippen molar-refractivity contribution < 1.29 is 22.6 Å². The molecule has 0 unspecified atom stereocenters. The molecule has 3 aromatic rings. The van der Waals surface area contributed by atoms with Crippen LogP contribution in [0.15, 0.2) is 53.6 Å². The highest BCUT2D eigenvalue weighted by Crippen LogP contribution is 2.35. The van der Waals surface area contributed by atoms with Gasteiger partial charge >= 0.3 is 0 Å². The lowest BCUT2D eigenvalue weighted by molar-refractivity contribution is 0.391. The Kier molecular flexibility index (Phi) is 6.76. The number of halogens is 4. The Balaban J connectivity index is 1.98. The second kappa shape index (κ2) is 9.28. The number of rotatable bonds is 7. The molecule has 152 valence electrons. The zero-order chi connectivity index (χ0) is 21.0. The average Bonchev–Trinajstić information content (AvgIpc) is 2.72. The minimum Gasteiger partial charge on any atom is -0.497 e. The number of nitrogens with zero attached hydrogens (tertiary/aromatic N) is 2. The lowest BCUT2D eigenvalue weighted by Gasteiger charge is -2.24. The maximum Gasteiger partial charge on any atom is 0.144 e. The third kappa shape index (κ3) is 5.07. The average molecular weight is 441 g/mol. The van der Waals surface area contributed by atoms with E-state index in [2.05, 4.69) is 4.98 Å². The summed E-state index contributed by atoms with van der Waals surface area (Å²) in [5.74, 6) is -0.593. The molecule has 0 amide bonds. The summed E-state index contributed by atoms with van der Waals surface area (Å²) in [6.07, 6.45) is 1.06. The normalized spacial score (nSPS) is 10.7. The number of pyridine rings is 1. The molecule has 0 saturated carbocycles. The zero-order valence-corrected chi connectivity index (χ0v) is 17.0. The monoisotopic (exact) mass is 440 g/mol. The lowest BCUT2D eigenvalue weighted by Crippen LogP contribution is -2.16. The van der Waals surface area contributed by atoms with Crippen molar-refractivity contribution in [3.05, 3.63) is 76.7 Å². The molecule has 1 heterocycles. The van der Waals surface area contributed by atoms with E-state index in [1.54, 1.807) is 29.6 Å². The maximum atomic E-state index is 14.3. The Morgan fingerprint density at radius 1 is 1.00 bits per heavy atom. The van der Waals surface area contributed by atoms with Gasteiger partial charge in [0.2, 0.25) is 0 Å².